The van der Waals surface area contributed by atoms with E-state index in [0.29, 0.717) is 0 Å². The molecule has 0 aromatic rings. The smallest absolute Gasteiger partial charge is 0.00625 e. The van der Waals surface area contributed by atoms with Gasteiger partial charge < -0.3 is 5.73 Å². The normalized spacial score (nSPS) is 11.5. The average Bonchev–Trinajstić information content (AvgIpc) is 1.61. The van der Waals surface area contributed by atoms with Crippen LogP contribution in [-0.2, 0) is 0 Å². The lowest BCUT2D eigenvalue weighted by Crippen LogP contribution is -1.71. The monoisotopic (exact) mass is 83.1 g/mol. The maximum absolute atomic E-state index is 4.98. The second kappa shape index (κ2) is 4.28. The second-order valence-corrected chi connectivity index (χ2v) is 0.911. The third kappa shape index (κ3) is 3.28. The summed E-state index contributed by atoms with van der Waals surface area (Å²) in [4.78, 5) is 0. The lowest BCUT2D eigenvalue weighted by Gasteiger charge is -1.63. The van der Waals surface area contributed by atoms with E-state index in [9.17, 15) is 0 Å². The fraction of sp³-hybridized carbons (Fsp3) is 0.200. The molecule has 0 heterocycles. The van der Waals surface area contributed by atoms with Crippen LogP contribution >= 0.6 is 0 Å². The van der Waals surface area contributed by atoms with Crippen molar-refractivity contribution < 1.29 is 0 Å². The van der Waals surface area contributed by atoms with Crippen molar-refractivity contribution in [2.24, 2.45) is 5.73 Å². The van der Waals surface area contributed by atoms with E-state index in [-0.39, 0.29) is 0 Å². The first kappa shape index (κ1) is 5.28. The summed E-state index contributed by atoms with van der Waals surface area (Å²) in [5.74, 6) is 0. The summed E-state index contributed by atoms with van der Waals surface area (Å²) in [5, 5.41) is 0. The van der Waals surface area contributed by atoms with Crippen LogP contribution in [0, 0.1) is 0 Å². The largest absolute Gasteiger partial charge is 0.405 e. The van der Waals surface area contributed by atoms with Gasteiger partial charge in [-0.1, -0.05) is 12.2 Å². The summed E-state index contributed by atoms with van der Waals surface area (Å²) in [5.41, 5.74) is 4.98. The Balaban J connectivity index is 3.07. The highest BCUT2D eigenvalue weighted by atomic mass is 14.5. The van der Waals surface area contributed by atoms with Crippen molar-refractivity contribution in [1.29, 1.82) is 0 Å². The Labute approximate surface area is 38.2 Å². The van der Waals surface area contributed by atoms with E-state index in [2.05, 4.69) is 0 Å². The van der Waals surface area contributed by atoms with E-state index in [1.165, 1.54) is 6.20 Å². The van der Waals surface area contributed by atoms with Gasteiger partial charge in [-0.25, -0.2) is 0 Å². The van der Waals surface area contributed by atoms with Crippen LogP contribution in [0.5, 0.6) is 0 Å². The minimum Gasteiger partial charge on any atom is -0.405 e. The molecule has 0 saturated heterocycles. The molecule has 0 aliphatic rings. The zero-order valence-corrected chi connectivity index (χ0v) is 3.89. The third-order valence-corrected chi connectivity index (χ3v) is 0.415. The van der Waals surface area contributed by atoms with Crippen LogP contribution in [0.1, 0.15) is 6.92 Å². The molecule has 0 spiro atoms. The predicted octanol–water partition coefficient (Wildman–Crippen LogP) is 1.03. The lowest BCUT2D eigenvalue weighted by molar-refractivity contribution is 1.59. The topological polar surface area (TPSA) is 26.0 Å². The standard InChI is InChI=1S/C5H9N/c1-2-3-4-5-6/h2-5H,6H2,1H3/b3-2?,5-4-. The molecule has 1 heteroatoms. The highest BCUT2D eigenvalue weighted by molar-refractivity contribution is 4.98. The molecular formula is C5H9N. The Morgan fingerprint density at radius 1 is 1.33 bits per heavy atom. The van der Waals surface area contributed by atoms with Crippen LogP contribution in [0.25, 0.3) is 0 Å². The van der Waals surface area contributed by atoms with Crippen molar-refractivity contribution in [2.75, 3.05) is 0 Å². The SMILES string of the molecule is CC=C/C=C\N. The van der Waals surface area contributed by atoms with Gasteiger partial charge in [0.15, 0.2) is 0 Å². The zero-order chi connectivity index (χ0) is 4.83. The summed E-state index contributed by atoms with van der Waals surface area (Å²) in [6.45, 7) is 1.94. The molecule has 0 atom stereocenters. The second-order valence-electron chi connectivity index (χ2n) is 0.911. The number of allylic oxidation sites excluding steroid dienone is 3. The van der Waals surface area contributed by atoms with Gasteiger partial charge in [0.2, 0.25) is 0 Å². The third-order valence-electron chi connectivity index (χ3n) is 0.415. The van der Waals surface area contributed by atoms with Crippen LogP contribution in [0.4, 0.5) is 0 Å². The summed E-state index contributed by atoms with van der Waals surface area (Å²) >= 11 is 0. The van der Waals surface area contributed by atoms with Gasteiger partial charge in [0.25, 0.3) is 0 Å². The van der Waals surface area contributed by atoms with E-state index >= 15 is 0 Å². The van der Waals surface area contributed by atoms with Crippen molar-refractivity contribution >= 4 is 0 Å². The van der Waals surface area contributed by atoms with Crippen LogP contribution in [-0.4, -0.2) is 0 Å². The summed E-state index contributed by atoms with van der Waals surface area (Å²) in [7, 11) is 0. The molecular weight excluding hydrogens is 74.1 g/mol. The van der Waals surface area contributed by atoms with Crippen LogP contribution in [0.2, 0.25) is 0 Å². The van der Waals surface area contributed by atoms with Gasteiger partial charge in [0.1, 0.15) is 0 Å². The van der Waals surface area contributed by atoms with Crippen molar-refractivity contribution in [2.45, 2.75) is 6.92 Å². The van der Waals surface area contributed by atoms with Crippen molar-refractivity contribution in [3.8, 4) is 0 Å². The average molecular weight is 83.1 g/mol. The molecule has 1 nitrogen and oxygen atoms in total. The van der Waals surface area contributed by atoms with Gasteiger partial charge in [0, 0.05) is 0 Å². The van der Waals surface area contributed by atoms with Crippen LogP contribution < -0.4 is 5.73 Å². The minimum absolute atomic E-state index is 1.50. The predicted molar refractivity (Wildman–Crippen MR) is 28.1 cm³/mol. The minimum atomic E-state index is 1.50. The fourth-order valence-corrected chi connectivity index (χ4v) is 0.175. The summed E-state index contributed by atoms with van der Waals surface area (Å²) in [6, 6.07) is 0. The highest BCUT2D eigenvalue weighted by Crippen LogP contribution is 1.67. The Morgan fingerprint density at radius 3 is 2.17 bits per heavy atom. The molecule has 34 valence electrons. The van der Waals surface area contributed by atoms with E-state index in [4.69, 9.17) is 5.73 Å². The van der Waals surface area contributed by atoms with Gasteiger partial charge in [-0.05, 0) is 19.2 Å². The Kier molecular flexibility index (Phi) is 3.77. The first-order valence-corrected chi connectivity index (χ1v) is 1.91. The molecule has 6 heavy (non-hydrogen) atoms. The molecule has 0 saturated carbocycles. The molecule has 0 aliphatic heterocycles. The van der Waals surface area contributed by atoms with E-state index in [1.807, 2.05) is 19.1 Å². The molecule has 0 radical (unpaired) electrons. The maximum atomic E-state index is 4.98. The Morgan fingerprint density at radius 2 is 2.00 bits per heavy atom. The lowest BCUT2D eigenvalue weighted by atomic mass is 10.5. The van der Waals surface area contributed by atoms with Gasteiger partial charge in [-0.2, -0.15) is 0 Å². The highest BCUT2D eigenvalue weighted by Gasteiger charge is 1.48. The fourth-order valence-electron chi connectivity index (χ4n) is 0.175. The first-order valence-electron chi connectivity index (χ1n) is 1.91. The Bertz CT molecular complexity index is 52.3. The molecule has 0 rings (SSSR count). The molecule has 0 aromatic heterocycles. The number of nitrogens with two attached hydrogens (primary N) is 1. The van der Waals surface area contributed by atoms with Crippen molar-refractivity contribution in [3.63, 3.8) is 0 Å². The van der Waals surface area contributed by atoms with Gasteiger partial charge in [-0.15, -0.1) is 0 Å². The van der Waals surface area contributed by atoms with Crippen LogP contribution in [0.15, 0.2) is 24.4 Å². The van der Waals surface area contributed by atoms with Gasteiger partial charge in [0.05, 0.1) is 0 Å². The number of hydrogen-bond donors (Lipinski definition) is 1. The molecule has 0 aliphatic carbocycles. The van der Waals surface area contributed by atoms with Crippen molar-refractivity contribution in [1.82, 2.24) is 0 Å². The first-order chi connectivity index (χ1) is 2.91. The zero-order valence-electron chi connectivity index (χ0n) is 3.89. The molecule has 2 N–H and O–H groups in total. The van der Waals surface area contributed by atoms with E-state index < -0.39 is 0 Å². The Hall–Kier alpha value is -0.720. The molecule has 0 unspecified atom stereocenters. The molecule has 0 aromatic carbocycles. The quantitative estimate of drug-likeness (QED) is 0.471. The number of rotatable bonds is 1. The van der Waals surface area contributed by atoms with E-state index in [0.717, 1.165) is 0 Å². The molecule has 0 amide bonds. The molecule has 0 bridgehead atoms. The van der Waals surface area contributed by atoms with Gasteiger partial charge in [-0.3, -0.25) is 0 Å². The van der Waals surface area contributed by atoms with Gasteiger partial charge >= 0.3 is 0 Å². The van der Waals surface area contributed by atoms with E-state index in [1.54, 1.807) is 6.08 Å². The molecule has 0 fully saturated rings. The summed E-state index contributed by atoms with van der Waals surface area (Å²) in [6.07, 6.45) is 7.07. The number of hydrogen-bond acceptors (Lipinski definition) is 1. The van der Waals surface area contributed by atoms with Crippen LogP contribution in [0.3, 0.4) is 0 Å². The summed E-state index contributed by atoms with van der Waals surface area (Å²) < 4.78 is 0. The van der Waals surface area contributed by atoms with Crippen molar-refractivity contribution in [3.05, 3.63) is 24.4 Å². The maximum Gasteiger partial charge on any atom is -0.00625 e.